The summed E-state index contributed by atoms with van der Waals surface area (Å²) in [7, 11) is 0. The highest BCUT2D eigenvalue weighted by atomic mass is 35.5. The number of amides is 2. The average molecular weight is 338 g/mol. The van der Waals surface area contributed by atoms with E-state index in [1.165, 1.54) is 0 Å². The van der Waals surface area contributed by atoms with Gasteiger partial charge in [-0.2, -0.15) is 0 Å². The van der Waals surface area contributed by atoms with Crippen LogP contribution in [0.3, 0.4) is 0 Å². The van der Waals surface area contributed by atoms with Crippen LogP contribution in [0.15, 0.2) is 18.2 Å². The molecule has 2 amide bonds. The first-order valence-electron chi connectivity index (χ1n) is 7.80. The normalized spacial score (nSPS) is 20.9. The van der Waals surface area contributed by atoms with Gasteiger partial charge in [0.2, 0.25) is 11.8 Å². The Kier molecular flexibility index (Phi) is 5.15. The molecule has 2 aliphatic heterocycles. The Morgan fingerprint density at radius 3 is 2.96 bits per heavy atom. The SMILES string of the molecule is O=C(CC1C(=O)Nc2ccc(Cl)cc21)NCCN1CCOCC1. The van der Waals surface area contributed by atoms with Crippen molar-refractivity contribution in [1.82, 2.24) is 10.2 Å². The van der Waals surface area contributed by atoms with E-state index >= 15 is 0 Å². The number of carbonyl (C=O) groups excluding carboxylic acids is 2. The summed E-state index contributed by atoms with van der Waals surface area (Å²) < 4.78 is 5.29. The predicted octanol–water partition coefficient (Wildman–Crippen LogP) is 1.21. The number of nitrogens with zero attached hydrogens (tertiary/aromatic N) is 1. The molecule has 23 heavy (non-hydrogen) atoms. The number of hydrogen-bond donors (Lipinski definition) is 2. The molecule has 3 rings (SSSR count). The zero-order valence-electron chi connectivity index (χ0n) is 12.8. The summed E-state index contributed by atoms with van der Waals surface area (Å²) in [6.45, 7) is 4.66. The molecule has 1 aromatic carbocycles. The van der Waals surface area contributed by atoms with Crippen molar-refractivity contribution in [3.63, 3.8) is 0 Å². The standard InChI is InChI=1S/C16H20ClN3O3/c17-11-1-2-14-12(9-11)13(16(22)19-14)10-15(21)18-3-4-20-5-7-23-8-6-20/h1-2,9,13H,3-8,10H2,(H,18,21)(H,19,22). The van der Waals surface area contributed by atoms with E-state index in [1.54, 1.807) is 18.2 Å². The van der Waals surface area contributed by atoms with Crippen molar-refractivity contribution in [2.24, 2.45) is 0 Å². The number of anilines is 1. The predicted molar refractivity (Wildman–Crippen MR) is 87.7 cm³/mol. The Balaban J connectivity index is 1.50. The summed E-state index contributed by atoms with van der Waals surface area (Å²) in [5.74, 6) is -0.732. The first-order chi connectivity index (χ1) is 11.1. The Labute approximate surface area is 140 Å². The van der Waals surface area contributed by atoms with Gasteiger partial charge in [0, 0.05) is 43.3 Å². The first kappa shape index (κ1) is 16.2. The van der Waals surface area contributed by atoms with Gasteiger partial charge in [0.1, 0.15) is 0 Å². The lowest BCUT2D eigenvalue weighted by Crippen LogP contribution is -2.41. The molecule has 0 aliphatic carbocycles. The fourth-order valence-electron chi connectivity index (χ4n) is 2.94. The van der Waals surface area contributed by atoms with Crippen LogP contribution in [0.25, 0.3) is 0 Å². The monoisotopic (exact) mass is 337 g/mol. The van der Waals surface area contributed by atoms with E-state index in [0.29, 0.717) is 11.6 Å². The first-order valence-corrected chi connectivity index (χ1v) is 8.18. The van der Waals surface area contributed by atoms with Crippen LogP contribution in [0, 0.1) is 0 Å². The van der Waals surface area contributed by atoms with E-state index in [4.69, 9.17) is 16.3 Å². The van der Waals surface area contributed by atoms with Gasteiger partial charge in [0.25, 0.3) is 0 Å². The molecule has 2 heterocycles. The summed E-state index contributed by atoms with van der Waals surface area (Å²) in [6.07, 6.45) is 0.141. The largest absolute Gasteiger partial charge is 0.379 e. The van der Waals surface area contributed by atoms with Crippen LogP contribution in [-0.4, -0.2) is 56.1 Å². The number of morpholine rings is 1. The molecule has 124 valence electrons. The Morgan fingerprint density at radius 2 is 2.17 bits per heavy atom. The van der Waals surface area contributed by atoms with Crippen LogP contribution >= 0.6 is 11.6 Å². The fraction of sp³-hybridized carbons (Fsp3) is 0.500. The van der Waals surface area contributed by atoms with Gasteiger partial charge in [-0.1, -0.05) is 11.6 Å². The lowest BCUT2D eigenvalue weighted by molar-refractivity contribution is -0.125. The molecule has 1 aromatic rings. The van der Waals surface area contributed by atoms with Gasteiger partial charge in [0.15, 0.2) is 0 Å². The smallest absolute Gasteiger partial charge is 0.232 e. The van der Waals surface area contributed by atoms with Crippen LogP contribution in [-0.2, 0) is 14.3 Å². The topological polar surface area (TPSA) is 70.7 Å². The third-order valence-electron chi connectivity index (χ3n) is 4.21. The molecular weight excluding hydrogens is 318 g/mol. The molecule has 0 radical (unpaired) electrons. The van der Waals surface area contributed by atoms with Crippen LogP contribution in [0.2, 0.25) is 5.02 Å². The lowest BCUT2D eigenvalue weighted by Gasteiger charge is -2.26. The van der Waals surface area contributed by atoms with Crippen molar-refractivity contribution in [2.75, 3.05) is 44.7 Å². The van der Waals surface area contributed by atoms with Crippen molar-refractivity contribution < 1.29 is 14.3 Å². The second kappa shape index (κ2) is 7.29. The summed E-state index contributed by atoms with van der Waals surface area (Å²) in [4.78, 5) is 26.4. The maximum atomic E-state index is 12.1. The van der Waals surface area contributed by atoms with E-state index in [9.17, 15) is 9.59 Å². The molecule has 2 aliphatic rings. The van der Waals surface area contributed by atoms with E-state index in [0.717, 1.165) is 44.1 Å². The van der Waals surface area contributed by atoms with Gasteiger partial charge in [-0.25, -0.2) is 0 Å². The van der Waals surface area contributed by atoms with E-state index < -0.39 is 5.92 Å². The maximum Gasteiger partial charge on any atom is 0.232 e. The average Bonchev–Trinajstić information content (AvgIpc) is 2.84. The highest BCUT2D eigenvalue weighted by Crippen LogP contribution is 2.36. The Hall–Kier alpha value is -1.63. The number of fused-ring (bicyclic) bond motifs is 1. The van der Waals surface area contributed by atoms with Crippen molar-refractivity contribution in [2.45, 2.75) is 12.3 Å². The quantitative estimate of drug-likeness (QED) is 0.847. The number of nitrogens with one attached hydrogen (secondary N) is 2. The van der Waals surface area contributed by atoms with Crippen molar-refractivity contribution in [3.05, 3.63) is 28.8 Å². The molecule has 0 aromatic heterocycles. The molecule has 0 bridgehead atoms. The molecule has 2 N–H and O–H groups in total. The lowest BCUT2D eigenvalue weighted by atomic mass is 9.97. The second-order valence-electron chi connectivity index (χ2n) is 5.78. The maximum absolute atomic E-state index is 12.1. The zero-order chi connectivity index (χ0) is 16.2. The minimum atomic E-state index is -0.466. The molecule has 6 nitrogen and oxygen atoms in total. The minimum absolute atomic E-state index is 0.119. The molecule has 0 saturated carbocycles. The van der Waals surface area contributed by atoms with Crippen LogP contribution in [0.5, 0.6) is 0 Å². The van der Waals surface area contributed by atoms with E-state index in [-0.39, 0.29) is 18.2 Å². The summed E-state index contributed by atoms with van der Waals surface area (Å²) in [6, 6.07) is 5.25. The van der Waals surface area contributed by atoms with E-state index in [1.807, 2.05) is 0 Å². The summed E-state index contributed by atoms with van der Waals surface area (Å²) >= 11 is 5.99. The second-order valence-corrected chi connectivity index (χ2v) is 6.22. The minimum Gasteiger partial charge on any atom is -0.379 e. The fourth-order valence-corrected chi connectivity index (χ4v) is 3.12. The van der Waals surface area contributed by atoms with E-state index in [2.05, 4.69) is 15.5 Å². The summed E-state index contributed by atoms with van der Waals surface area (Å²) in [5, 5.41) is 6.24. The van der Waals surface area contributed by atoms with Crippen molar-refractivity contribution in [1.29, 1.82) is 0 Å². The zero-order valence-corrected chi connectivity index (χ0v) is 13.6. The van der Waals surface area contributed by atoms with Crippen LogP contribution < -0.4 is 10.6 Å². The Morgan fingerprint density at radius 1 is 1.39 bits per heavy atom. The highest BCUT2D eigenvalue weighted by molar-refractivity contribution is 6.31. The van der Waals surface area contributed by atoms with Gasteiger partial charge in [-0.3, -0.25) is 14.5 Å². The number of ether oxygens (including phenoxy) is 1. The molecule has 7 heteroatoms. The molecule has 1 unspecified atom stereocenters. The molecular formula is C16H20ClN3O3. The van der Waals surface area contributed by atoms with Gasteiger partial charge < -0.3 is 15.4 Å². The van der Waals surface area contributed by atoms with Gasteiger partial charge in [-0.15, -0.1) is 0 Å². The molecule has 1 saturated heterocycles. The number of benzene rings is 1. The third kappa shape index (κ3) is 4.02. The number of rotatable bonds is 5. The highest BCUT2D eigenvalue weighted by Gasteiger charge is 2.32. The van der Waals surface area contributed by atoms with Crippen molar-refractivity contribution in [3.8, 4) is 0 Å². The van der Waals surface area contributed by atoms with Gasteiger partial charge in [0.05, 0.1) is 19.1 Å². The van der Waals surface area contributed by atoms with Crippen LogP contribution in [0.1, 0.15) is 17.9 Å². The number of carbonyl (C=O) groups is 2. The van der Waals surface area contributed by atoms with Crippen molar-refractivity contribution >= 4 is 29.1 Å². The molecule has 1 fully saturated rings. The number of halogens is 1. The van der Waals surface area contributed by atoms with Gasteiger partial charge in [-0.05, 0) is 23.8 Å². The Bertz CT molecular complexity index is 602. The molecule has 0 spiro atoms. The summed E-state index contributed by atoms with van der Waals surface area (Å²) in [5.41, 5.74) is 1.54. The molecule has 1 atom stereocenters. The van der Waals surface area contributed by atoms with Crippen LogP contribution in [0.4, 0.5) is 5.69 Å². The van der Waals surface area contributed by atoms with Gasteiger partial charge >= 0.3 is 0 Å². The number of hydrogen-bond acceptors (Lipinski definition) is 4. The third-order valence-corrected chi connectivity index (χ3v) is 4.44.